The van der Waals surface area contributed by atoms with Crippen molar-refractivity contribution in [2.45, 2.75) is 19.4 Å². The van der Waals surface area contributed by atoms with E-state index in [1.165, 1.54) is 28.4 Å². The number of nitrogens with one attached hydrogen (secondary N) is 1. The van der Waals surface area contributed by atoms with Gasteiger partial charge >= 0.3 is 0 Å². The summed E-state index contributed by atoms with van der Waals surface area (Å²) < 4.78 is 16.1. The molecule has 3 heterocycles. The van der Waals surface area contributed by atoms with Gasteiger partial charge in [-0.3, -0.25) is 14.5 Å². The number of anilines is 1. The Morgan fingerprint density at radius 2 is 1.77 bits per heavy atom. The molecule has 1 aliphatic heterocycles. The number of nitrogens with zero attached hydrogens (tertiary/aromatic N) is 4. The molecular formula is C25H21ClFN5O2S. The smallest absolute Gasteiger partial charge is 0.261 e. The molecule has 0 fully saturated rings. The Hall–Kier alpha value is -3.56. The van der Waals surface area contributed by atoms with Crippen LogP contribution in [0.3, 0.4) is 0 Å². The highest BCUT2D eigenvalue weighted by Gasteiger charge is 2.36. The first-order chi connectivity index (χ1) is 16.8. The maximum absolute atomic E-state index is 13.9. The summed E-state index contributed by atoms with van der Waals surface area (Å²) in [4.78, 5) is 27.2. The van der Waals surface area contributed by atoms with Crippen LogP contribution in [0.1, 0.15) is 32.0 Å². The van der Waals surface area contributed by atoms with Crippen molar-refractivity contribution in [3.8, 4) is 11.3 Å². The van der Waals surface area contributed by atoms with Gasteiger partial charge in [-0.1, -0.05) is 41.1 Å². The quantitative estimate of drug-likeness (QED) is 0.356. The monoisotopic (exact) mass is 509 g/mol. The molecule has 5 rings (SSSR count). The number of rotatable bonds is 7. The molecule has 2 aromatic carbocycles. The SMILES string of the molecule is Cc1nnn(C)c1-c1cc(N[C@@H](Cc2cccc(F)c2)CN2C(=O)c3ccccc3C2=O)sc1Cl. The van der Waals surface area contributed by atoms with Gasteiger partial charge in [0.1, 0.15) is 10.2 Å². The highest BCUT2D eigenvalue weighted by molar-refractivity contribution is 7.20. The van der Waals surface area contributed by atoms with Crippen molar-refractivity contribution in [2.24, 2.45) is 7.05 Å². The highest BCUT2D eigenvalue weighted by Crippen LogP contribution is 2.39. The van der Waals surface area contributed by atoms with Crippen LogP contribution in [0, 0.1) is 12.7 Å². The van der Waals surface area contributed by atoms with E-state index in [4.69, 9.17) is 11.6 Å². The molecule has 2 aromatic heterocycles. The second-order valence-electron chi connectivity index (χ2n) is 8.39. The number of thiophene rings is 1. The van der Waals surface area contributed by atoms with Crippen LogP contribution in [0.25, 0.3) is 11.3 Å². The number of amides is 2. The van der Waals surface area contributed by atoms with E-state index in [0.717, 1.165) is 27.5 Å². The molecule has 2 amide bonds. The molecule has 0 bridgehead atoms. The van der Waals surface area contributed by atoms with Crippen molar-refractivity contribution in [1.29, 1.82) is 0 Å². The average molecular weight is 510 g/mol. The number of carbonyl (C=O) groups excluding carboxylic acids is 2. The van der Waals surface area contributed by atoms with Gasteiger partial charge in [0.05, 0.1) is 27.5 Å². The van der Waals surface area contributed by atoms with E-state index in [-0.39, 0.29) is 30.2 Å². The molecule has 1 aliphatic rings. The minimum atomic E-state index is -0.382. The largest absolute Gasteiger partial charge is 0.372 e. The minimum Gasteiger partial charge on any atom is -0.372 e. The number of carbonyl (C=O) groups is 2. The molecule has 0 saturated carbocycles. The van der Waals surface area contributed by atoms with Crippen molar-refractivity contribution in [2.75, 3.05) is 11.9 Å². The Morgan fingerprint density at radius 1 is 1.06 bits per heavy atom. The molecule has 35 heavy (non-hydrogen) atoms. The first-order valence-electron chi connectivity index (χ1n) is 10.9. The van der Waals surface area contributed by atoms with E-state index in [9.17, 15) is 14.0 Å². The third kappa shape index (κ3) is 4.44. The van der Waals surface area contributed by atoms with Crippen LogP contribution < -0.4 is 5.32 Å². The van der Waals surface area contributed by atoms with E-state index < -0.39 is 0 Å². The molecule has 10 heteroatoms. The summed E-state index contributed by atoms with van der Waals surface area (Å²) in [5.74, 6) is -1.01. The van der Waals surface area contributed by atoms with Gasteiger partial charge < -0.3 is 5.32 Å². The topological polar surface area (TPSA) is 80.1 Å². The lowest BCUT2D eigenvalue weighted by atomic mass is 10.1. The molecule has 0 spiro atoms. The summed E-state index contributed by atoms with van der Waals surface area (Å²) >= 11 is 7.91. The van der Waals surface area contributed by atoms with E-state index >= 15 is 0 Å². The Kier molecular flexibility index (Phi) is 6.12. The lowest BCUT2D eigenvalue weighted by molar-refractivity contribution is 0.0647. The lowest BCUT2D eigenvalue weighted by Crippen LogP contribution is -2.41. The Morgan fingerprint density at radius 3 is 2.40 bits per heavy atom. The van der Waals surface area contributed by atoms with Crippen LogP contribution in [0.4, 0.5) is 9.39 Å². The van der Waals surface area contributed by atoms with E-state index in [1.807, 2.05) is 19.1 Å². The van der Waals surface area contributed by atoms with Gasteiger partial charge in [0.25, 0.3) is 11.8 Å². The summed E-state index contributed by atoms with van der Waals surface area (Å²) in [6.07, 6.45) is 0.391. The Labute approximate surface area is 210 Å². The average Bonchev–Trinajstić information content (AvgIpc) is 3.43. The second-order valence-corrected chi connectivity index (χ2v) is 10.0. The van der Waals surface area contributed by atoms with Crippen LogP contribution in [0.2, 0.25) is 4.34 Å². The summed E-state index contributed by atoms with van der Waals surface area (Å²) in [7, 11) is 1.80. The van der Waals surface area contributed by atoms with E-state index in [0.29, 0.717) is 21.9 Å². The predicted molar refractivity (Wildman–Crippen MR) is 133 cm³/mol. The number of hydrogen-bond acceptors (Lipinski definition) is 6. The predicted octanol–water partition coefficient (Wildman–Crippen LogP) is 4.96. The van der Waals surface area contributed by atoms with Crippen molar-refractivity contribution >= 4 is 39.8 Å². The summed E-state index contributed by atoms with van der Waals surface area (Å²) in [5, 5.41) is 12.3. The molecule has 1 N–H and O–H groups in total. The number of halogens is 2. The molecule has 0 saturated heterocycles. The van der Waals surface area contributed by atoms with Crippen LogP contribution in [0.15, 0.2) is 54.6 Å². The van der Waals surface area contributed by atoms with Crippen molar-refractivity contribution in [3.63, 3.8) is 0 Å². The second kappa shape index (κ2) is 9.24. The molecular weight excluding hydrogens is 489 g/mol. The number of aryl methyl sites for hydroxylation is 2. The molecule has 178 valence electrons. The molecule has 7 nitrogen and oxygen atoms in total. The van der Waals surface area contributed by atoms with Crippen LogP contribution in [-0.2, 0) is 13.5 Å². The van der Waals surface area contributed by atoms with Gasteiger partial charge in [0, 0.05) is 25.2 Å². The molecule has 4 aromatic rings. The van der Waals surface area contributed by atoms with Crippen molar-refractivity contribution in [3.05, 3.63) is 87.1 Å². The minimum absolute atomic E-state index is 0.111. The summed E-state index contributed by atoms with van der Waals surface area (Å²) in [5.41, 5.74) is 3.87. The number of aromatic nitrogens is 3. The molecule has 0 unspecified atom stereocenters. The summed E-state index contributed by atoms with van der Waals surface area (Å²) in [6.45, 7) is 1.97. The third-order valence-electron chi connectivity index (χ3n) is 5.94. The van der Waals surface area contributed by atoms with Gasteiger partial charge in [-0.15, -0.1) is 16.4 Å². The van der Waals surface area contributed by atoms with Gasteiger partial charge in [-0.05, 0) is 49.2 Å². The lowest BCUT2D eigenvalue weighted by Gasteiger charge is -2.24. The maximum Gasteiger partial charge on any atom is 0.261 e. The van der Waals surface area contributed by atoms with Gasteiger partial charge in [0.2, 0.25) is 0 Å². The first kappa shape index (κ1) is 23.2. The Balaban J connectivity index is 1.44. The van der Waals surface area contributed by atoms with Gasteiger partial charge in [0.15, 0.2) is 0 Å². The van der Waals surface area contributed by atoms with Crippen LogP contribution >= 0.6 is 22.9 Å². The number of imide groups is 1. The van der Waals surface area contributed by atoms with Crippen LogP contribution in [-0.4, -0.2) is 44.3 Å². The van der Waals surface area contributed by atoms with Gasteiger partial charge in [-0.2, -0.15) is 0 Å². The zero-order chi connectivity index (χ0) is 24.7. The van der Waals surface area contributed by atoms with E-state index in [2.05, 4.69) is 15.6 Å². The number of hydrogen-bond donors (Lipinski definition) is 1. The van der Waals surface area contributed by atoms with E-state index in [1.54, 1.807) is 42.1 Å². The maximum atomic E-state index is 13.9. The Bertz CT molecular complexity index is 1390. The molecule has 1 atom stereocenters. The standard InChI is InChI=1S/C25H21ClFN5O2S/c1-14-22(31(2)30-29-14)20-12-21(35-23(20)26)28-17(11-15-6-5-7-16(27)10-15)13-32-24(33)18-8-3-4-9-19(18)25(32)34/h3-10,12,17,28H,11,13H2,1-2H3/t17-/m0/s1. The third-order valence-corrected chi connectivity index (χ3v) is 7.23. The highest BCUT2D eigenvalue weighted by atomic mass is 35.5. The fraction of sp³-hybridized carbons (Fsp3) is 0.200. The zero-order valence-electron chi connectivity index (χ0n) is 19.0. The van der Waals surface area contributed by atoms with Crippen molar-refractivity contribution < 1.29 is 14.0 Å². The summed E-state index contributed by atoms with van der Waals surface area (Å²) in [6, 6.07) is 14.6. The van der Waals surface area contributed by atoms with Gasteiger partial charge in [-0.25, -0.2) is 9.07 Å². The number of fused-ring (bicyclic) bond motifs is 1. The normalized spacial score (nSPS) is 13.9. The number of benzene rings is 2. The molecule has 0 radical (unpaired) electrons. The van der Waals surface area contributed by atoms with Crippen molar-refractivity contribution in [1.82, 2.24) is 19.9 Å². The first-order valence-corrected chi connectivity index (χ1v) is 12.1. The van der Waals surface area contributed by atoms with Crippen LogP contribution in [0.5, 0.6) is 0 Å². The zero-order valence-corrected chi connectivity index (χ0v) is 20.5. The fourth-order valence-corrected chi connectivity index (χ4v) is 5.62. The molecule has 0 aliphatic carbocycles. The fourth-order valence-electron chi connectivity index (χ4n) is 4.37.